The summed E-state index contributed by atoms with van der Waals surface area (Å²) in [5.41, 5.74) is -0.503. The first-order valence-corrected chi connectivity index (χ1v) is 8.78. The Morgan fingerprint density at radius 2 is 2.12 bits per heavy atom. The fourth-order valence-electron chi connectivity index (χ4n) is 2.71. The van der Waals surface area contributed by atoms with E-state index in [1.807, 2.05) is 0 Å². The molecule has 0 saturated carbocycles. The maximum atomic E-state index is 12.0. The predicted octanol–water partition coefficient (Wildman–Crippen LogP) is 2.89. The zero-order valence-electron chi connectivity index (χ0n) is 14.7. The van der Waals surface area contributed by atoms with E-state index in [1.165, 1.54) is 6.07 Å². The van der Waals surface area contributed by atoms with Gasteiger partial charge in [-0.2, -0.15) is 0 Å². The Hall–Kier alpha value is -2.38. The first-order valence-electron chi connectivity index (χ1n) is 8.78. The van der Waals surface area contributed by atoms with Gasteiger partial charge in [0.25, 0.3) is 0 Å². The molecule has 7 nitrogen and oxygen atoms in total. The Kier molecular flexibility index (Phi) is 6.25. The Morgan fingerprint density at radius 3 is 2.88 bits per heavy atom. The normalized spacial score (nSPS) is 17.2. The molecule has 7 heteroatoms. The van der Waals surface area contributed by atoms with Crippen molar-refractivity contribution >= 4 is 16.9 Å². The van der Waals surface area contributed by atoms with Crippen LogP contribution in [0.5, 0.6) is 5.75 Å². The number of ether oxygens (including phenoxy) is 4. The quantitative estimate of drug-likeness (QED) is 0.425. The minimum atomic E-state index is -0.731. The molecule has 1 aromatic heterocycles. The van der Waals surface area contributed by atoms with E-state index >= 15 is 0 Å². The van der Waals surface area contributed by atoms with Crippen LogP contribution < -0.4 is 10.4 Å². The number of carbonyl (C=O) groups is 1. The summed E-state index contributed by atoms with van der Waals surface area (Å²) in [5.74, 6) is -0.136. The van der Waals surface area contributed by atoms with Crippen LogP contribution in [-0.2, 0) is 14.2 Å². The van der Waals surface area contributed by atoms with Crippen molar-refractivity contribution in [1.82, 2.24) is 0 Å². The van der Waals surface area contributed by atoms with Gasteiger partial charge < -0.3 is 23.4 Å². The van der Waals surface area contributed by atoms with E-state index in [4.69, 9.17) is 23.4 Å². The summed E-state index contributed by atoms with van der Waals surface area (Å²) in [6.07, 6.45) is 2.95. The van der Waals surface area contributed by atoms with Crippen LogP contribution in [0.3, 0.4) is 0 Å². The largest absolute Gasteiger partial charge is 0.491 e. The van der Waals surface area contributed by atoms with Gasteiger partial charge in [0.15, 0.2) is 6.29 Å². The van der Waals surface area contributed by atoms with Crippen LogP contribution in [0.15, 0.2) is 33.5 Å². The summed E-state index contributed by atoms with van der Waals surface area (Å²) in [6, 6.07) is 6.55. The van der Waals surface area contributed by atoms with E-state index in [0.717, 1.165) is 25.9 Å². The van der Waals surface area contributed by atoms with Gasteiger partial charge in [-0.1, -0.05) is 0 Å². The third-order valence-corrected chi connectivity index (χ3v) is 4.00. The number of fused-ring (bicyclic) bond motifs is 1. The molecular formula is C19H22O7. The molecule has 1 atom stereocenters. The molecule has 2 aromatic rings. The fraction of sp³-hybridized carbons (Fsp3) is 0.474. The van der Waals surface area contributed by atoms with Gasteiger partial charge in [-0.3, -0.25) is 0 Å². The van der Waals surface area contributed by atoms with Gasteiger partial charge in [-0.15, -0.1) is 0 Å². The minimum Gasteiger partial charge on any atom is -0.491 e. The first kappa shape index (κ1) is 18.4. The molecule has 26 heavy (non-hydrogen) atoms. The highest BCUT2D eigenvalue weighted by atomic mass is 16.7. The summed E-state index contributed by atoms with van der Waals surface area (Å²) in [6.45, 7) is 3.37. The van der Waals surface area contributed by atoms with Crippen LogP contribution in [0.4, 0.5) is 0 Å². The second-order valence-electron chi connectivity index (χ2n) is 5.88. The summed E-state index contributed by atoms with van der Waals surface area (Å²) < 4.78 is 26.8. The van der Waals surface area contributed by atoms with E-state index < -0.39 is 11.6 Å². The lowest BCUT2D eigenvalue weighted by atomic mass is 10.2. The molecule has 1 fully saturated rings. The number of carbonyl (C=O) groups excluding carboxylic acids is 1. The summed E-state index contributed by atoms with van der Waals surface area (Å²) >= 11 is 0. The third kappa shape index (κ3) is 4.62. The van der Waals surface area contributed by atoms with Crippen LogP contribution >= 0.6 is 0 Å². The summed E-state index contributed by atoms with van der Waals surface area (Å²) in [4.78, 5) is 23.7. The number of esters is 1. The van der Waals surface area contributed by atoms with Crippen LogP contribution in [-0.4, -0.2) is 38.7 Å². The van der Waals surface area contributed by atoms with Crippen molar-refractivity contribution in [1.29, 1.82) is 0 Å². The van der Waals surface area contributed by atoms with Gasteiger partial charge in [0.05, 0.1) is 13.2 Å². The molecular weight excluding hydrogens is 340 g/mol. The Labute approximate surface area is 150 Å². The molecule has 140 valence electrons. The molecule has 1 aromatic carbocycles. The lowest BCUT2D eigenvalue weighted by Gasteiger charge is -2.22. The van der Waals surface area contributed by atoms with Gasteiger partial charge in [-0.25, -0.2) is 9.59 Å². The Balaban J connectivity index is 1.60. The van der Waals surface area contributed by atoms with Crippen molar-refractivity contribution in [3.63, 3.8) is 0 Å². The highest BCUT2D eigenvalue weighted by molar-refractivity contribution is 5.93. The van der Waals surface area contributed by atoms with Crippen LogP contribution in [0.1, 0.15) is 36.5 Å². The molecule has 0 radical (unpaired) electrons. The Bertz CT molecular complexity index is 805. The molecule has 1 aliphatic rings. The number of benzene rings is 1. The van der Waals surface area contributed by atoms with Crippen molar-refractivity contribution < 1.29 is 28.2 Å². The standard InChI is InChI=1S/C19H22O7/c1-2-22-18(20)15-11-13-6-7-14(12-16(13)26-19(15)21)23-9-10-25-17-5-3-4-8-24-17/h6-7,11-12,17H,2-5,8-10H2,1H3. The molecule has 0 bridgehead atoms. The molecule has 1 saturated heterocycles. The maximum absolute atomic E-state index is 12.0. The second kappa shape index (κ2) is 8.82. The first-order chi connectivity index (χ1) is 12.7. The van der Waals surface area contributed by atoms with Crippen LogP contribution in [0, 0.1) is 0 Å². The molecule has 1 aliphatic heterocycles. The zero-order chi connectivity index (χ0) is 18.4. The van der Waals surface area contributed by atoms with E-state index in [9.17, 15) is 9.59 Å². The monoisotopic (exact) mass is 362 g/mol. The smallest absolute Gasteiger partial charge is 0.351 e. The van der Waals surface area contributed by atoms with Gasteiger partial charge in [0, 0.05) is 18.1 Å². The van der Waals surface area contributed by atoms with Gasteiger partial charge in [0.1, 0.15) is 23.5 Å². The summed E-state index contributed by atoms with van der Waals surface area (Å²) in [5, 5.41) is 0.617. The molecule has 1 unspecified atom stereocenters. The van der Waals surface area contributed by atoms with Crippen molar-refractivity contribution in [3.05, 3.63) is 40.2 Å². The van der Waals surface area contributed by atoms with Gasteiger partial charge >= 0.3 is 11.6 Å². The molecule has 3 rings (SSSR count). The molecule has 0 N–H and O–H groups in total. The SMILES string of the molecule is CCOC(=O)c1cc2ccc(OCCOC3CCCCO3)cc2oc1=O. The van der Waals surface area contributed by atoms with Crippen molar-refractivity contribution in [2.45, 2.75) is 32.5 Å². The van der Waals surface area contributed by atoms with Gasteiger partial charge in [0.2, 0.25) is 0 Å². The van der Waals surface area contributed by atoms with Crippen molar-refractivity contribution in [3.8, 4) is 5.75 Å². The third-order valence-electron chi connectivity index (χ3n) is 4.00. The second-order valence-corrected chi connectivity index (χ2v) is 5.88. The molecule has 0 spiro atoms. The minimum absolute atomic E-state index is 0.117. The zero-order valence-corrected chi connectivity index (χ0v) is 14.7. The number of hydrogen-bond donors (Lipinski definition) is 0. The van der Waals surface area contributed by atoms with E-state index in [0.29, 0.717) is 29.9 Å². The predicted molar refractivity (Wildman–Crippen MR) is 93.5 cm³/mol. The highest BCUT2D eigenvalue weighted by Crippen LogP contribution is 2.21. The average Bonchev–Trinajstić information content (AvgIpc) is 2.65. The number of rotatable bonds is 7. The fourth-order valence-corrected chi connectivity index (χ4v) is 2.71. The average molecular weight is 362 g/mol. The Morgan fingerprint density at radius 1 is 1.23 bits per heavy atom. The highest BCUT2D eigenvalue weighted by Gasteiger charge is 2.15. The van der Waals surface area contributed by atoms with Crippen molar-refractivity contribution in [2.24, 2.45) is 0 Å². The van der Waals surface area contributed by atoms with E-state index in [2.05, 4.69) is 0 Å². The molecule has 0 amide bonds. The lowest BCUT2D eigenvalue weighted by Crippen LogP contribution is -2.24. The molecule has 0 aliphatic carbocycles. The van der Waals surface area contributed by atoms with Gasteiger partial charge in [-0.05, 0) is 44.4 Å². The topological polar surface area (TPSA) is 84.2 Å². The van der Waals surface area contributed by atoms with Crippen LogP contribution in [0.2, 0.25) is 0 Å². The number of hydrogen-bond acceptors (Lipinski definition) is 7. The van der Waals surface area contributed by atoms with Crippen LogP contribution in [0.25, 0.3) is 11.0 Å². The van der Waals surface area contributed by atoms with Crippen molar-refractivity contribution in [2.75, 3.05) is 26.4 Å². The van der Waals surface area contributed by atoms with E-state index in [-0.39, 0.29) is 18.5 Å². The lowest BCUT2D eigenvalue weighted by molar-refractivity contribution is -0.165. The molecule has 2 heterocycles. The summed E-state index contributed by atoms with van der Waals surface area (Å²) in [7, 11) is 0. The van der Waals surface area contributed by atoms with E-state index in [1.54, 1.807) is 25.1 Å². The maximum Gasteiger partial charge on any atom is 0.351 e.